The van der Waals surface area contributed by atoms with Crippen LogP contribution < -0.4 is 69.5 Å². The number of cyclic esters (lactones) is 1. The first kappa shape index (κ1) is 91.3. The van der Waals surface area contributed by atoms with Gasteiger partial charge in [0, 0.05) is 25.8 Å². The number of amides is 13. The molecule has 594 valence electrons. The average Bonchev–Trinajstić information content (AvgIpc) is 1.44. The standard InChI is InChI=1S/C75H122N14O17/c1-19-43(14)59(71(101)88-62-47(18)106-75(105)58(42(12)13)84-63(93)49(21-3)77-65(95)51(37-48-30-23-22-24-31-48)79-67(97)55(39(6)7)81-70(100)60(44(15)20-2)86-73(62)103)85-64(94)50(32-27-35-76)78-66(96)52-33-28-36-89(52)74(104)57(41(10)11)83-69(99)56(40(8)9)82-72(102)61(46(17)91)87-68(98)54(38(4)5)80-53(92)34-26-25-29-45(16)90/h21-24,30-31,38-44,46-47,50-52,54-62,91H,19-20,25-29,32-37,76H2,1-18H3,(H,77,95)(H,78,96)(H,79,97)(H,80,92)(H,81,100)(H,82,102)(H,83,99)(H,84,93)(H,85,94)(H,86,103)(H,87,98)(H,88,101)/b49-21-/t43-,44-,46-,47+,50+,51+,52-,54-,55-,56+,57-,58+,59-,60-,61+,62-/m1/s1. The van der Waals surface area contributed by atoms with Gasteiger partial charge in [-0.3, -0.25) is 62.3 Å². The zero-order valence-corrected chi connectivity index (χ0v) is 65.3. The van der Waals surface area contributed by atoms with E-state index in [0.29, 0.717) is 37.7 Å². The molecule has 31 nitrogen and oxygen atoms in total. The van der Waals surface area contributed by atoms with E-state index in [4.69, 9.17) is 10.5 Å². The Labute approximate surface area is 624 Å². The zero-order valence-electron chi connectivity index (χ0n) is 65.3. The van der Waals surface area contributed by atoms with Crippen LogP contribution in [-0.4, -0.2) is 196 Å². The smallest absolute Gasteiger partial charge is 0.329 e. The molecule has 0 bridgehead atoms. The van der Waals surface area contributed by atoms with Gasteiger partial charge < -0.3 is 89.1 Å². The molecule has 1 aromatic carbocycles. The van der Waals surface area contributed by atoms with Crippen LogP contribution in [0.3, 0.4) is 0 Å². The van der Waals surface area contributed by atoms with E-state index in [1.165, 1.54) is 38.7 Å². The molecular formula is C75H122N14O17. The van der Waals surface area contributed by atoms with Gasteiger partial charge in [0.15, 0.2) is 0 Å². The van der Waals surface area contributed by atoms with Crippen LogP contribution in [0.5, 0.6) is 0 Å². The summed E-state index contributed by atoms with van der Waals surface area (Å²) in [5.41, 5.74) is 6.33. The van der Waals surface area contributed by atoms with Crippen molar-refractivity contribution in [2.45, 2.75) is 280 Å². The van der Waals surface area contributed by atoms with Crippen molar-refractivity contribution in [3.63, 3.8) is 0 Å². The molecule has 13 amide bonds. The Morgan fingerprint density at radius 1 is 0.613 bits per heavy atom. The average molecular weight is 1490 g/mol. The molecule has 16 atom stereocenters. The van der Waals surface area contributed by atoms with Crippen molar-refractivity contribution < 1.29 is 81.8 Å². The second kappa shape index (κ2) is 44.3. The van der Waals surface area contributed by atoms with Crippen molar-refractivity contribution in [1.29, 1.82) is 0 Å². The maximum Gasteiger partial charge on any atom is 0.329 e. The summed E-state index contributed by atoms with van der Waals surface area (Å²) in [6.07, 6.45) is 0.557. The van der Waals surface area contributed by atoms with Crippen LogP contribution in [0.4, 0.5) is 0 Å². The highest BCUT2D eigenvalue weighted by atomic mass is 16.5. The van der Waals surface area contributed by atoms with E-state index in [9.17, 15) is 67.4 Å². The Bertz CT molecular complexity index is 3230. The maximum absolute atomic E-state index is 15.0. The normalized spacial score (nSPS) is 22.4. The van der Waals surface area contributed by atoms with Gasteiger partial charge in [-0.05, 0) is 120 Å². The molecule has 0 aromatic heterocycles. The number of hydrogen-bond acceptors (Lipinski definition) is 18. The predicted molar refractivity (Wildman–Crippen MR) is 396 cm³/mol. The molecule has 2 fully saturated rings. The first-order valence-electron chi connectivity index (χ1n) is 37.5. The number of aliphatic hydroxyl groups excluding tert-OH is 1. The molecule has 106 heavy (non-hydrogen) atoms. The number of nitrogens with two attached hydrogens (primary N) is 1. The number of carbonyl (C=O) groups excluding carboxylic acids is 15. The number of unbranched alkanes of at least 4 members (excludes halogenated alkanes) is 1. The third-order valence-electron chi connectivity index (χ3n) is 19.3. The van der Waals surface area contributed by atoms with E-state index in [1.54, 1.807) is 127 Å². The van der Waals surface area contributed by atoms with E-state index in [1.807, 2.05) is 0 Å². The molecule has 0 unspecified atom stereocenters. The van der Waals surface area contributed by atoms with Crippen LogP contribution >= 0.6 is 0 Å². The largest absolute Gasteiger partial charge is 0.458 e. The Balaban J connectivity index is 1.99. The van der Waals surface area contributed by atoms with Crippen LogP contribution in [0.25, 0.3) is 0 Å². The number of rotatable bonds is 34. The van der Waals surface area contributed by atoms with Gasteiger partial charge in [0.25, 0.3) is 5.91 Å². The van der Waals surface area contributed by atoms with Crippen LogP contribution in [0.2, 0.25) is 0 Å². The third kappa shape index (κ3) is 27.8. The number of likely N-dealkylation sites (tertiary alicyclic amines) is 1. The van der Waals surface area contributed by atoms with Crippen LogP contribution in [0.1, 0.15) is 194 Å². The Morgan fingerprint density at radius 3 is 1.69 bits per heavy atom. The number of hydrogen-bond donors (Lipinski definition) is 14. The molecule has 0 saturated carbocycles. The van der Waals surface area contributed by atoms with E-state index < -0.39 is 209 Å². The number of aliphatic hydroxyl groups is 1. The van der Waals surface area contributed by atoms with Crippen molar-refractivity contribution in [1.82, 2.24) is 68.7 Å². The fourth-order valence-electron chi connectivity index (χ4n) is 12.1. The van der Waals surface area contributed by atoms with Crippen molar-refractivity contribution in [2.24, 2.45) is 47.2 Å². The second-order valence-corrected chi connectivity index (χ2v) is 29.8. The molecule has 0 radical (unpaired) electrons. The highest BCUT2D eigenvalue weighted by molar-refractivity contribution is 6.03. The summed E-state index contributed by atoms with van der Waals surface area (Å²) in [5, 5.41) is 43.0. The van der Waals surface area contributed by atoms with Crippen molar-refractivity contribution >= 4 is 88.5 Å². The monoisotopic (exact) mass is 1490 g/mol. The van der Waals surface area contributed by atoms with E-state index in [-0.39, 0.29) is 63.1 Å². The van der Waals surface area contributed by atoms with Gasteiger partial charge >= 0.3 is 5.97 Å². The molecule has 15 N–H and O–H groups in total. The highest BCUT2D eigenvalue weighted by Crippen LogP contribution is 2.23. The molecule has 2 aliphatic heterocycles. The molecule has 0 aliphatic carbocycles. The van der Waals surface area contributed by atoms with Crippen molar-refractivity contribution in [2.75, 3.05) is 13.1 Å². The van der Waals surface area contributed by atoms with Crippen LogP contribution in [0, 0.1) is 41.4 Å². The first-order valence-corrected chi connectivity index (χ1v) is 37.5. The molecule has 31 heteroatoms. The number of esters is 1. The molecule has 2 saturated heterocycles. The van der Waals surface area contributed by atoms with Crippen LogP contribution in [0.15, 0.2) is 42.1 Å². The topological polar surface area (TPSA) is 459 Å². The SMILES string of the molecule is C/C=C1\NC(=O)[C@H](Cc2ccccc2)NC(=O)[C@@H](C(C)C)NC(=O)[C@@H]([C@H](C)CC)NC(=O)[C@H](NC(=O)[C@H](NC(=O)[C@H](CCCN)NC(=O)[C@H]2CCCN2C(=O)[C@H](NC(=O)[C@@H](NC(=O)[C@@H](NC(=O)[C@H](NC(=O)CCCCC(C)=O)C(C)C)[C@@H](C)O)C(C)C)C(C)C)[C@H](C)CC)[C@H](C)OC(=O)[C@H](C(C)C)NC1=O. The molecule has 2 aliphatic rings. The van der Waals surface area contributed by atoms with Gasteiger partial charge in [0.1, 0.15) is 90.1 Å². The number of nitrogens with zero attached hydrogens (tertiary/aromatic N) is 1. The summed E-state index contributed by atoms with van der Waals surface area (Å²) in [4.78, 5) is 213. The van der Waals surface area contributed by atoms with Gasteiger partial charge in [-0.2, -0.15) is 0 Å². The number of benzene rings is 1. The Hall–Kier alpha value is -8.87. The van der Waals surface area contributed by atoms with Gasteiger partial charge in [-0.25, -0.2) is 4.79 Å². The quantitative estimate of drug-likeness (QED) is 0.0261. The summed E-state index contributed by atoms with van der Waals surface area (Å²) in [5.74, 6) is -15.9. The molecule has 2 heterocycles. The summed E-state index contributed by atoms with van der Waals surface area (Å²) in [7, 11) is 0. The van der Waals surface area contributed by atoms with Crippen molar-refractivity contribution in [3.05, 3.63) is 47.7 Å². The number of nitrogens with one attached hydrogen (secondary N) is 12. The highest BCUT2D eigenvalue weighted by Gasteiger charge is 2.44. The lowest BCUT2D eigenvalue weighted by molar-refractivity contribution is -0.157. The number of carbonyl (C=O) groups is 15. The lowest BCUT2D eigenvalue weighted by Gasteiger charge is -2.33. The minimum absolute atomic E-state index is 0.0178. The Kier molecular flexibility index (Phi) is 38.2. The van der Waals surface area contributed by atoms with E-state index in [2.05, 4.69) is 63.8 Å². The van der Waals surface area contributed by atoms with Crippen molar-refractivity contribution in [3.8, 4) is 0 Å². The number of ketones is 1. The van der Waals surface area contributed by atoms with Gasteiger partial charge in [-0.1, -0.05) is 146 Å². The maximum atomic E-state index is 15.0. The zero-order chi connectivity index (χ0) is 80.1. The van der Waals surface area contributed by atoms with E-state index in [0.717, 1.165) is 0 Å². The summed E-state index contributed by atoms with van der Waals surface area (Å²) in [6.45, 7) is 28.9. The third-order valence-corrected chi connectivity index (χ3v) is 19.3. The second-order valence-electron chi connectivity index (χ2n) is 29.8. The fourth-order valence-corrected chi connectivity index (χ4v) is 12.1. The molecule has 3 rings (SSSR count). The summed E-state index contributed by atoms with van der Waals surface area (Å²) < 4.78 is 5.96. The Morgan fingerprint density at radius 2 is 1.15 bits per heavy atom. The lowest BCUT2D eigenvalue weighted by atomic mass is 9.95. The minimum atomic E-state index is -1.83. The number of allylic oxidation sites excluding steroid dienone is 1. The predicted octanol–water partition coefficient (Wildman–Crippen LogP) is 1.16. The minimum Gasteiger partial charge on any atom is -0.458 e. The molecular weight excluding hydrogens is 1370 g/mol. The first-order chi connectivity index (χ1) is 49.7. The number of Topliss-reactive ketones (excluding diaryl/α,β-unsaturated/α-hetero) is 1. The fraction of sp³-hybridized carbons (Fsp3) is 0.693. The summed E-state index contributed by atoms with van der Waals surface area (Å²) in [6, 6.07) is -7.88. The van der Waals surface area contributed by atoms with Crippen LogP contribution in [-0.2, 0) is 83.1 Å². The van der Waals surface area contributed by atoms with Gasteiger partial charge in [-0.15, -0.1) is 0 Å². The van der Waals surface area contributed by atoms with Gasteiger partial charge in [0.05, 0.1) is 6.10 Å². The molecule has 0 spiro atoms. The number of ether oxygens (including phenoxy) is 1. The summed E-state index contributed by atoms with van der Waals surface area (Å²) >= 11 is 0. The van der Waals surface area contributed by atoms with E-state index >= 15 is 9.59 Å². The van der Waals surface area contributed by atoms with Gasteiger partial charge in [0.2, 0.25) is 70.9 Å². The lowest BCUT2D eigenvalue weighted by Crippen LogP contribution is -2.64. The molecule has 1 aromatic rings.